The number of nitrogens with one attached hydrogen (secondary N) is 2. The molecular formula is C27H40N6O5. The molecule has 0 radical (unpaired) electrons. The predicted molar refractivity (Wildman–Crippen MR) is 145 cm³/mol. The van der Waals surface area contributed by atoms with Crippen molar-refractivity contribution in [3.05, 3.63) is 47.5 Å². The van der Waals surface area contributed by atoms with Crippen molar-refractivity contribution >= 4 is 29.7 Å². The van der Waals surface area contributed by atoms with Gasteiger partial charge < -0.3 is 32.1 Å². The van der Waals surface area contributed by atoms with Crippen LogP contribution in [0, 0.1) is 11.8 Å². The zero-order valence-corrected chi connectivity index (χ0v) is 22.5. The van der Waals surface area contributed by atoms with E-state index in [9.17, 15) is 24.3 Å². The van der Waals surface area contributed by atoms with Gasteiger partial charge in [-0.1, -0.05) is 45.0 Å². The van der Waals surface area contributed by atoms with Gasteiger partial charge in [0.05, 0.1) is 0 Å². The Balaban J connectivity index is 2.33. The van der Waals surface area contributed by atoms with Crippen molar-refractivity contribution in [2.24, 2.45) is 28.3 Å². The molecule has 1 aromatic carbocycles. The van der Waals surface area contributed by atoms with Gasteiger partial charge in [0.1, 0.15) is 18.1 Å². The normalized spacial score (nSPS) is 19.6. The molecule has 0 unspecified atom stereocenters. The molecule has 0 bridgehead atoms. The van der Waals surface area contributed by atoms with E-state index in [1.165, 1.54) is 4.90 Å². The highest BCUT2D eigenvalue weighted by molar-refractivity contribution is 5.99. The molecular weight excluding hydrogens is 488 g/mol. The minimum Gasteiger partial charge on any atom is -0.480 e. The third kappa shape index (κ3) is 8.32. The second-order valence-corrected chi connectivity index (χ2v) is 9.93. The monoisotopic (exact) mass is 528 g/mol. The molecule has 1 aromatic rings. The Labute approximate surface area is 223 Å². The number of allylic oxidation sites excluding steroid dienone is 1. The lowest BCUT2D eigenvalue weighted by molar-refractivity contribution is -0.145. The van der Waals surface area contributed by atoms with Crippen LogP contribution in [0.25, 0.3) is 0 Å². The maximum absolute atomic E-state index is 13.9. The van der Waals surface area contributed by atoms with Gasteiger partial charge >= 0.3 is 5.97 Å². The fourth-order valence-corrected chi connectivity index (χ4v) is 4.59. The zero-order chi connectivity index (χ0) is 28.4. The molecule has 3 amide bonds. The fourth-order valence-electron chi connectivity index (χ4n) is 4.59. The van der Waals surface area contributed by atoms with E-state index in [-0.39, 0.29) is 43.7 Å². The summed E-state index contributed by atoms with van der Waals surface area (Å²) in [6.07, 6.45) is 2.77. The zero-order valence-electron chi connectivity index (χ0n) is 22.5. The van der Waals surface area contributed by atoms with E-state index in [2.05, 4.69) is 15.6 Å². The number of likely N-dealkylation sites (tertiary alicyclic amines) is 1. The molecule has 1 aliphatic rings. The van der Waals surface area contributed by atoms with Gasteiger partial charge in [-0.25, -0.2) is 4.79 Å². The quantitative estimate of drug-likeness (QED) is 0.117. The van der Waals surface area contributed by atoms with E-state index in [1.54, 1.807) is 30.3 Å². The first-order valence-corrected chi connectivity index (χ1v) is 12.9. The minimum absolute atomic E-state index is 0.0454. The summed E-state index contributed by atoms with van der Waals surface area (Å²) in [7, 11) is 0. The Morgan fingerprint density at radius 1 is 1.13 bits per heavy atom. The van der Waals surface area contributed by atoms with Crippen LogP contribution in [0.2, 0.25) is 0 Å². The number of benzene rings is 1. The first kappa shape index (κ1) is 30.3. The lowest BCUT2D eigenvalue weighted by Crippen LogP contribution is -2.56. The van der Waals surface area contributed by atoms with E-state index < -0.39 is 41.8 Å². The number of rotatable bonds is 12. The maximum atomic E-state index is 13.9. The van der Waals surface area contributed by atoms with Crippen LogP contribution < -0.4 is 22.1 Å². The number of nitrogens with zero attached hydrogens (tertiary/aromatic N) is 2. The highest BCUT2D eigenvalue weighted by Crippen LogP contribution is 2.30. The summed E-state index contributed by atoms with van der Waals surface area (Å²) in [6.45, 7) is 7.87. The molecule has 208 valence electrons. The molecule has 0 aliphatic carbocycles. The van der Waals surface area contributed by atoms with Gasteiger partial charge in [0.25, 0.3) is 5.91 Å². The van der Waals surface area contributed by atoms with E-state index in [1.807, 2.05) is 33.8 Å². The summed E-state index contributed by atoms with van der Waals surface area (Å²) in [4.78, 5) is 57.4. The first-order valence-electron chi connectivity index (χ1n) is 12.9. The lowest BCUT2D eigenvalue weighted by Gasteiger charge is -2.30. The predicted octanol–water partition coefficient (Wildman–Crippen LogP) is 1.25. The summed E-state index contributed by atoms with van der Waals surface area (Å²) in [5.74, 6) is -2.88. The van der Waals surface area contributed by atoms with Crippen molar-refractivity contribution in [1.82, 2.24) is 15.5 Å². The van der Waals surface area contributed by atoms with Crippen LogP contribution in [0.5, 0.6) is 0 Å². The molecule has 1 aliphatic heterocycles. The Bertz CT molecular complexity index is 1050. The topological polar surface area (TPSA) is 180 Å². The second kappa shape index (κ2) is 14.2. The Hall–Kier alpha value is -3.89. The molecule has 38 heavy (non-hydrogen) atoms. The molecule has 1 heterocycles. The van der Waals surface area contributed by atoms with Crippen LogP contribution in [0.15, 0.2) is 47.0 Å². The molecule has 11 heteroatoms. The molecule has 0 aromatic heterocycles. The number of nitrogens with two attached hydrogens (primary N) is 2. The van der Waals surface area contributed by atoms with Gasteiger partial charge in [0.2, 0.25) is 11.8 Å². The number of carboxylic acid groups (broad SMARTS) is 1. The van der Waals surface area contributed by atoms with E-state index in [0.29, 0.717) is 12.0 Å². The Morgan fingerprint density at radius 3 is 2.34 bits per heavy atom. The number of carbonyl (C=O) groups is 4. The Morgan fingerprint density at radius 2 is 1.79 bits per heavy atom. The molecule has 0 spiro atoms. The largest absolute Gasteiger partial charge is 0.480 e. The third-order valence-corrected chi connectivity index (χ3v) is 6.58. The molecule has 4 atom stereocenters. The van der Waals surface area contributed by atoms with Crippen molar-refractivity contribution < 1.29 is 24.3 Å². The standard InChI is InChI=1S/C27H40N6O5/c1-5-18-15-33(22(17(18)4)24(35)32-21(26(37)38)14-16(2)3)25(36)20(12-9-13-30-27(28)29)31-23(34)19-10-7-6-8-11-19/h5-8,10-11,16-17,20-22H,9,12-15H2,1-4H3,(H,31,34)(H,32,35)(H,37,38)(H4,28,29,30)/b18-5+/t17-,20+,21+,22+/m1/s1. The lowest BCUT2D eigenvalue weighted by atomic mass is 9.96. The van der Waals surface area contributed by atoms with Crippen molar-refractivity contribution in [3.63, 3.8) is 0 Å². The number of carboxylic acids is 1. The van der Waals surface area contributed by atoms with Crippen LogP contribution in [-0.2, 0) is 14.4 Å². The molecule has 1 fully saturated rings. The highest BCUT2D eigenvalue weighted by Gasteiger charge is 2.44. The van der Waals surface area contributed by atoms with Gasteiger partial charge in [0.15, 0.2) is 5.96 Å². The van der Waals surface area contributed by atoms with Gasteiger partial charge in [-0.3, -0.25) is 19.4 Å². The number of amides is 3. The summed E-state index contributed by atoms with van der Waals surface area (Å²) >= 11 is 0. The van der Waals surface area contributed by atoms with Crippen molar-refractivity contribution in [1.29, 1.82) is 0 Å². The average Bonchev–Trinajstić information content (AvgIpc) is 3.21. The van der Waals surface area contributed by atoms with Gasteiger partial charge in [-0.2, -0.15) is 0 Å². The number of aliphatic carboxylic acids is 1. The van der Waals surface area contributed by atoms with Gasteiger partial charge in [-0.05, 0) is 49.8 Å². The Kier molecular flexibility index (Phi) is 11.3. The highest BCUT2D eigenvalue weighted by atomic mass is 16.4. The first-order chi connectivity index (χ1) is 18.0. The van der Waals surface area contributed by atoms with Crippen LogP contribution in [0.4, 0.5) is 0 Å². The van der Waals surface area contributed by atoms with Crippen LogP contribution in [0.1, 0.15) is 57.3 Å². The van der Waals surface area contributed by atoms with Crippen molar-refractivity contribution in [2.75, 3.05) is 13.1 Å². The second-order valence-electron chi connectivity index (χ2n) is 9.93. The van der Waals surface area contributed by atoms with E-state index in [4.69, 9.17) is 11.5 Å². The number of guanidine groups is 1. The smallest absolute Gasteiger partial charge is 0.326 e. The van der Waals surface area contributed by atoms with Gasteiger partial charge in [-0.15, -0.1) is 0 Å². The molecule has 0 saturated carbocycles. The SMILES string of the molecule is C/C=C1\CN(C(=O)[C@H](CCCN=C(N)N)NC(=O)c2ccccc2)[C@H](C(=O)N[C@@H](CC(C)C)C(=O)O)[C@@H]1C. The maximum Gasteiger partial charge on any atom is 0.326 e. The third-order valence-electron chi connectivity index (χ3n) is 6.58. The average molecular weight is 529 g/mol. The van der Waals surface area contributed by atoms with Gasteiger partial charge in [0, 0.05) is 24.6 Å². The molecule has 1 saturated heterocycles. The summed E-state index contributed by atoms with van der Waals surface area (Å²) in [6, 6.07) is 5.58. The number of hydrogen-bond donors (Lipinski definition) is 5. The van der Waals surface area contributed by atoms with E-state index >= 15 is 0 Å². The van der Waals surface area contributed by atoms with E-state index in [0.717, 1.165) is 5.57 Å². The molecule has 11 nitrogen and oxygen atoms in total. The summed E-state index contributed by atoms with van der Waals surface area (Å²) < 4.78 is 0. The number of hydrogen-bond acceptors (Lipinski definition) is 5. The molecule has 7 N–H and O–H groups in total. The number of carbonyl (C=O) groups excluding carboxylic acids is 3. The number of aliphatic imine (C=N–C) groups is 1. The van der Waals surface area contributed by atoms with Crippen molar-refractivity contribution in [3.8, 4) is 0 Å². The van der Waals surface area contributed by atoms with Crippen LogP contribution in [0.3, 0.4) is 0 Å². The van der Waals surface area contributed by atoms with Crippen LogP contribution in [-0.4, -0.2) is 70.9 Å². The van der Waals surface area contributed by atoms with Crippen molar-refractivity contribution in [2.45, 2.75) is 65.1 Å². The summed E-state index contributed by atoms with van der Waals surface area (Å²) in [5, 5.41) is 15.1. The summed E-state index contributed by atoms with van der Waals surface area (Å²) in [5.41, 5.74) is 12.1. The fraction of sp³-hybridized carbons (Fsp3) is 0.519. The molecule has 2 rings (SSSR count). The minimum atomic E-state index is -1.13. The van der Waals surface area contributed by atoms with Crippen LogP contribution >= 0.6 is 0 Å².